The Balaban J connectivity index is 1.68. The zero-order valence-corrected chi connectivity index (χ0v) is 13.3. The Morgan fingerprint density at radius 1 is 1.22 bits per heavy atom. The first kappa shape index (κ1) is 15.3. The molecule has 23 heavy (non-hydrogen) atoms. The second-order valence-corrected chi connectivity index (χ2v) is 5.82. The Morgan fingerprint density at radius 2 is 2.00 bits per heavy atom. The van der Waals surface area contributed by atoms with E-state index in [1.807, 2.05) is 42.1 Å². The monoisotopic (exact) mass is 310 g/mol. The second kappa shape index (κ2) is 6.24. The molecule has 0 bridgehead atoms. The molecule has 0 aliphatic carbocycles. The molecule has 0 fully saturated rings. The Labute approximate surface area is 134 Å². The van der Waals surface area contributed by atoms with E-state index in [9.17, 15) is 9.18 Å². The van der Waals surface area contributed by atoms with E-state index in [0.717, 1.165) is 22.0 Å². The van der Waals surface area contributed by atoms with Crippen LogP contribution in [0.15, 0.2) is 48.7 Å². The fourth-order valence-electron chi connectivity index (χ4n) is 2.82. The number of halogens is 1. The van der Waals surface area contributed by atoms with Crippen molar-refractivity contribution >= 4 is 16.8 Å². The van der Waals surface area contributed by atoms with Crippen LogP contribution >= 0.6 is 0 Å². The van der Waals surface area contributed by atoms with Gasteiger partial charge in [0.2, 0.25) is 5.91 Å². The van der Waals surface area contributed by atoms with Crippen molar-refractivity contribution in [3.05, 3.63) is 71.2 Å². The van der Waals surface area contributed by atoms with E-state index >= 15 is 0 Å². The fraction of sp³-hybridized carbons (Fsp3) is 0.211. The summed E-state index contributed by atoms with van der Waals surface area (Å²) < 4.78 is 15.3. The molecule has 0 radical (unpaired) electrons. The zero-order valence-electron chi connectivity index (χ0n) is 13.3. The summed E-state index contributed by atoms with van der Waals surface area (Å²) in [5, 5.41) is 4.00. The van der Waals surface area contributed by atoms with Crippen molar-refractivity contribution in [3.63, 3.8) is 0 Å². The topological polar surface area (TPSA) is 34.0 Å². The minimum absolute atomic E-state index is 0.0386. The Morgan fingerprint density at radius 3 is 2.78 bits per heavy atom. The number of nitrogens with zero attached hydrogens (tertiary/aromatic N) is 1. The number of amides is 1. The highest BCUT2D eigenvalue weighted by Gasteiger charge is 2.10. The summed E-state index contributed by atoms with van der Waals surface area (Å²) in [4.78, 5) is 12.2. The number of aryl methyl sites for hydroxylation is 2. The van der Waals surface area contributed by atoms with Crippen LogP contribution in [0.5, 0.6) is 0 Å². The highest BCUT2D eigenvalue weighted by atomic mass is 19.1. The summed E-state index contributed by atoms with van der Waals surface area (Å²) in [6.07, 6.45) is 2.33. The molecule has 0 atom stereocenters. The first-order valence-corrected chi connectivity index (χ1v) is 7.59. The van der Waals surface area contributed by atoms with Crippen LogP contribution in [-0.4, -0.2) is 10.5 Å². The van der Waals surface area contributed by atoms with Crippen molar-refractivity contribution in [2.45, 2.75) is 19.9 Å². The quantitative estimate of drug-likeness (QED) is 0.786. The van der Waals surface area contributed by atoms with Crippen LogP contribution in [0.4, 0.5) is 4.39 Å². The maximum absolute atomic E-state index is 13.2. The van der Waals surface area contributed by atoms with Crippen LogP contribution in [-0.2, 0) is 24.8 Å². The summed E-state index contributed by atoms with van der Waals surface area (Å²) in [5.74, 6) is -0.265. The molecule has 0 unspecified atom stereocenters. The number of aromatic nitrogens is 1. The lowest BCUT2D eigenvalue weighted by Crippen LogP contribution is -2.24. The molecular formula is C19H19FN2O. The number of para-hydroxylation sites is 1. The maximum Gasteiger partial charge on any atom is 0.224 e. The van der Waals surface area contributed by atoms with Crippen molar-refractivity contribution in [3.8, 4) is 0 Å². The van der Waals surface area contributed by atoms with Crippen molar-refractivity contribution in [2.24, 2.45) is 7.05 Å². The summed E-state index contributed by atoms with van der Waals surface area (Å²) in [6.45, 7) is 2.13. The maximum atomic E-state index is 13.2. The van der Waals surface area contributed by atoms with E-state index in [1.54, 1.807) is 19.1 Å². The van der Waals surface area contributed by atoms with E-state index in [-0.39, 0.29) is 11.7 Å². The Bertz CT molecular complexity index is 867. The minimum atomic E-state index is -0.226. The molecule has 3 aromatic rings. The number of hydrogen-bond acceptors (Lipinski definition) is 1. The lowest BCUT2D eigenvalue weighted by atomic mass is 10.1. The van der Waals surface area contributed by atoms with Gasteiger partial charge >= 0.3 is 0 Å². The van der Waals surface area contributed by atoms with Crippen LogP contribution in [0.1, 0.15) is 16.7 Å². The molecule has 3 rings (SSSR count). The van der Waals surface area contributed by atoms with E-state index in [2.05, 4.69) is 5.32 Å². The SMILES string of the molecule is Cc1cc(CNC(=O)Cc2cn(C)c3ccccc23)ccc1F. The first-order chi connectivity index (χ1) is 11.0. The van der Waals surface area contributed by atoms with E-state index in [4.69, 9.17) is 0 Å². The summed E-state index contributed by atoms with van der Waals surface area (Å²) in [7, 11) is 1.98. The van der Waals surface area contributed by atoms with Crippen molar-refractivity contribution < 1.29 is 9.18 Å². The molecule has 3 nitrogen and oxygen atoms in total. The molecule has 0 saturated heterocycles. The molecule has 0 aliphatic heterocycles. The Hall–Kier alpha value is -2.62. The molecule has 2 aromatic carbocycles. The smallest absolute Gasteiger partial charge is 0.224 e. The third kappa shape index (κ3) is 3.26. The van der Waals surface area contributed by atoms with Gasteiger partial charge in [-0.05, 0) is 35.7 Å². The molecular weight excluding hydrogens is 291 g/mol. The summed E-state index contributed by atoms with van der Waals surface area (Å²) in [5.41, 5.74) is 3.61. The zero-order chi connectivity index (χ0) is 16.4. The summed E-state index contributed by atoms with van der Waals surface area (Å²) >= 11 is 0. The predicted molar refractivity (Wildman–Crippen MR) is 89.6 cm³/mol. The van der Waals surface area contributed by atoms with Crippen molar-refractivity contribution in [1.29, 1.82) is 0 Å². The van der Waals surface area contributed by atoms with Gasteiger partial charge in [0.1, 0.15) is 5.82 Å². The average Bonchev–Trinajstić information content (AvgIpc) is 2.85. The van der Waals surface area contributed by atoms with Crippen LogP contribution in [0, 0.1) is 12.7 Å². The van der Waals surface area contributed by atoms with Gasteiger partial charge in [0.15, 0.2) is 0 Å². The first-order valence-electron chi connectivity index (χ1n) is 7.59. The molecule has 118 valence electrons. The average molecular weight is 310 g/mol. The highest BCUT2D eigenvalue weighted by molar-refractivity contribution is 5.89. The number of carbonyl (C=O) groups excluding carboxylic acids is 1. The van der Waals surface area contributed by atoms with E-state index in [0.29, 0.717) is 18.5 Å². The molecule has 1 amide bonds. The largest absolute Gasteiger partial charge is 0.352 e. The third-order valence-electron chi connectivity index (χ3n) is 4.04. The molecule has 0 spiro atoms. The highest BCUT2D eigenvalue weighted by Crippen LogP contribution is 2.20. The van der Waals surface area contributed by atoms with Gasteiger partial charge in [-0.3, -0.25) is 4.79 Å². The molecule has 0 aliphatic rings. The van der Waals surface area contributed by atoms with Gasteiger partial charge in [-0.1, -0.05) is 30.3 Å². The van der Waals surface area contributed by atoms with Crippen molar-refractivity contribution in [1.82, 2.24) is 9.88 Å². The Kier molecular flexibility index (Phi) is 4.15. The fourth-order valence-corrected chi connectivity index (χ4v) is 2.82. The number of hydrogen-bond donors (Lipinski definition) is 1. The number of fused-ring (bicyclic) bond motifs is 1. The minimum Gasteiger partial charge on any atom is -0.352 e. The molecule has 1 heterocycles. The van der Waals surface area contributed by atoms with E-state index < -0.39 is 0 Å². The standard InChI is InChI=1S/C19H19FN2O/c1-13-9-14(7-8-17(13)20)11-21-19(23)10-15-12-22(2)18-6-4-3-5-16(15)18/h3-9,12H,10-11H2,1-2H3,(H,21,23). The van der Waals surface area contributed by atoms with Gasteiger partial charge in [0, 0.05) is 30.7 Å². The summed E-state index contributed by atoms with van der Waals surface area (Å²) in [6, 6.07) is 12.9. The number of rotatable bonds is 4. The number of carbonyl (C=O) groups is 1. The van der Waals surface area contributed by atoms with Gasteiger partial charge in [-0.15, -0.1) is 0 Å². The van der Waals surface area contributed by atoms with Gasteiger partial charge in [0.25, 0.3) is 0 Å². The molecule has 0 saturated carbocycles. The lowest BCUT2D eigenvalue weighted by molar-refractivity contribution is -0.120. The van der Waals surface area contributed by atoms with E-state index in [1.165, 1.54) is 6.07 Å². The van der Waals surface area contributed by atoms with Crippen molar-refractivity contribution in [2.75, 3.05) is 0 Å². The van der Waals surface area contributed by atoms with Crippen LogP contribution in [0.2, 0.25) is 0 Å². The molecule has 1 aromatic heterocycles. The van der Waals surface area contributed by atoms with Crippen LogP contribution in [0.25, 0.3) is 10.9 Å². The van der Waals surface area contributed by atoms with Crippen LogP contribution < -0.4 is 5.32 Å². The third-order valence-corrected chi connectivity index (χ3v) is 4.04. The normalized spacial score (nSPS) is 10.9. The molecule has 4 heteroatoms. The second-order valence-electron chi connectivity index (χ2n) is 5.82. The predicted octanol–water partition coefficient (Wildman–Crippen LogP) is 3.48. The van der Waals surface area contributed by atoms with Gasteiger partial charge in [-0.25, -0.2) is 4.39 Å². The van der Waals surface area contributed by atoms with Gasteiger partial charge in [0.05, 0.1) is 6.42 Å². The number of benzene rings is 2. The molecule has 1 N–H and O–H groups in total. The van der Waals surface area contributed by atoms with Gasteiger partial charge in [-0.2, -0.15) is 0 Å². The lowest BCUT2D eigenvalue weighted by Gasteiger charge is -2.06. The van der Waals surface area contributed by atoms with Crippen LogP contribution in [0.3, 0.4) is 0 Å². The number of nitrogens with one attached hydrogen (secondary N) is 1. The van der Waals surface area contributed by atoms with Gasteiger partial charge < -0.3 is 9.88 Å².